The Balaban J connectivity index is 1.82. The van der Waals surface area contributed by atoms with Gasteiger partial charge in [-0.1, -0.05) is 0 Å². The lowest BCUT2D eigenvalue weighted by Gasteiger charge is -2.24. The van der Waals surface area contributed by atoms with Crippen molar-refractivity contribution in [3.8, 4) is 0 Å². The van der Waals surface area contributed by atoms with Crippen LogP contribution in [0.4, 0.5) is 4.79 Å². The summed E-state index contributed by atoms with van der Waals surface area (Å²) in [5.41, 5.74) is 0. The molecule has 2 fully saturated rings. The van der Waals surface area contributed by atoms with Crippen LogP contribution in [-0.2, 0) is 4.79 Å². The standard InChI is InChI=1S/C12H21N3O4/c16-8-10(11(17)18)13-12(19)15-6-3-9(7-15)14-4-1-2-5-14/h9-10,16H,1-8H2,(H,13,19)(H,17,18). The van der Waals surface area contributed by atoms with Crippen molar-refractivity contribution in [3.05, 3.63) is 0 Å². The number of nitrogens with zero attached hydrogens (tertiary/aromatic N) is 2. The molecule has 7 heteroatoms. The van der Waals surface area contributed by atoms with Crippen LogP contribution in [0.25, 0.3) is 0 Å². The molecule has 3 N–H and O–H groups in total. The number of hydrogen-bond acceptors (Lipinski definition) is 4. The molecule has 0 bridgehead atoms. The molecule has 0 saturated carbocycles. The van der Waals surface area contributed by atoms with Crippen molar-refractivity contribution in [2.45, 2.75) is 31.3 Å². The van der Waals surface area contributed by atoms with Crippen LogP contribution in [0.15, 0.2) is 0 Å². The van der Waals surface area contributed by atoms with Crippen LogP contribution in [0.5, 0.6) is 0 Å². The number of rotatable bonds is 4. The molecule has 0 aromatic heterocycles. The van der Waals surface area contributed by atoms with Crippen molar-refractivity contribution in [2.75, 3.05) is 32.8 Å². The van der Waals surface area contributed by atoms with Crippen LogP contribution < -0.4 is 5.32 Å². The minimum atomic E-state index is -1.22. The third kappa shape index (κ3) is 3.36. The Hall–Kier alpha value is -1.34. The summed E-state index contributed by atoms with van der Waals surface area (Å²) in [5, 5.41) is 20.0. The smallest absolute Gasteiger partial charge is 0.328 e. The fourth-order valence-electron chi connectivity index (χ4n) is 2.76. The summed E-state index contributed by atoms with van der Waals surface area (Å²) in [7, 11) is 0. The van der Waals surface area contributed by atoms with E-state index in [4.69, 9.17) is 10.2 Å². The van der Waals surface area contributed by atoms with Gasteiger partial charge in [0.05, 0.1) is 6.61 Å². The molecule has 7 nitrogen and oxygen atoms in total. The van der Waals surface area contributed by atoms with Gasteiger partial charge in [-0.25, -0.2) is 9.59 Å². The highest BCUT2D eigenvalue weighted by Crippen LogP contribution is 2.20. The largest absolute Gasteiger partial charge is 0.480 e. The first-order valence-corrected chi connectivity index (χ1v) is 6.75. The monoisotopic (exact) mass is 271 g/mol. The van der Waals surface area contributed by atoms with Gasteiger partial charge in [-0.15, -0.1) is 0 Å². The highest BCUT2D eigenvalue weighted by atomic mass is 16.4. The lowest BCUT2D eigenvalue weighted by molar-refractivity contribution is -0.140. The summed E-state index contributed by atoms with van der Waals surface area (Å²) in [6, 6.07) is -1.23. The van der Waals surface area contributed by atoms with E-state index in [0.717, 1.165) is 19.5 Å². The number of carboxylic acid groups (broad SMARTS) is 1. The number of aliphatic hydroxyl groups is 1. The SMILES string of the molecule is O=C(O)C(CO)NC(=O)N1CCC(N2CCCC2)C1. The van der Waals surface area contributed by atoms with Gasteiger partial charge < -0.3 is 20.4 Å². The quantitative estimate of drug-likeness (QED) is 0.629. The minimum Gasteiger partial charge on any atom is -0.480 e. The zero-order valence-corrected chi connectivity index (χ0v) is 10.9. The Morgan fingerprint density at radius 2 is 1.95 bits per heavy atom. The highest BCUT2D eigenvalue weighted by Gasteiger charge is 2.32. The first kappa shape index (κ1) is 14.1. The fourth-order valence-corrected chi connectivity index (χ4v) is 2.76. The van der Waals surface area contributed by atoms with E-state index in [9.17, 15) is 9.59 Å². The minimum absolute atomic E-state index is 0.394. The van der Waals surface area contributed by atoms with Crippen LogP contribution >= 0.6 is 0 Å². The topological polar surface area (TPSA) is 93.1 Å². The molecule has 2 unspecified atom stereocenters. The van der Waals surface area contributed by atoms with Crippen molar-refractivity contribution < 1.29 is 19.8 Å². The number of likely N-dealkylation sites (tertiary alicyclic amines) is 2. The summed E-state index contributed by atoms with van der Waals surface area (Å²) in [6.07, 6.45) is 3.37. The third-order valence-electron chi connectivity index (χ3n) is 3.89. The number of urea groups is 1. The maximum atomic E-state index is 11.9. The van der Waals surface area contributed by atoms with Crippen LogP contribution in [0.1, 0.15) is 19.3 Å². The maximum Gasteiger partial charge on any atom is 0.328 e. The number of aliphatic carboxylic acids is 1. The van der Waals surface area contributed by atoms with Crippen LogP contribution in [0.3, 0.4) is 0 Å². The molecule has 2 saturated heterocycles. The zero-order chi connectivity index (χ0) is 13.8. The van der Waals surface area contributed by atoms with Crippen LogP contribution in [0.2, 0.25) is 0 Å². The number of carbonyl (C=O) groups is 2. The first-order chi connectivity index (χ1) is 9.11. The molecule has 0 aliphatic carbocycles. The zero-order valence-electron chi connectivity index (χ0n) is 10.9. The summed E-state index contributed by atoms with van der Waals surface area (Å²) >= 11 is 0. The molecular weight excluding hydrogens is 250 g/mol. The first-order valence-electron chi connectivity index (χ1n) is 6.75. The van der Waals surface area contributed by atoms with E-state index in [1.54, 1.807) is 4.90 Å². The third-order valence-corrected chi connectivity index (χ3v) is 3.89. The summed E-state index contributed by atoms with van der Waals surface area (Å²) < 4.78 is 0. The van der Waals surface area contributed by atoms with E-state index in [1.165, 1.54) is 12.8 Å². The Morgan fingerprint density at radius 1 is 1.26 bits per heavy atom. The number of carboxylic acids is 1. The lowest BCUT2D eigenvalue weighted by Crippen LogP contribution is -2.49. The Morgan fingerprint density at radius 3 is 2.53 bits per heavy atom. The van der Waals surface area contributed by atoms with Gasteiger partial charge in [-0.05, 0) is 32.4 Å². The molecule has 0 spiro atoms. The van der Waals surface area contributed by atoms with Gasteiger partial charge in [0.25, 0.3) is 0 Å². The molecular formula is C12H21N3O4. The van der Waals surface area contributed by atoms with E-state index in [2.05, 4.69) is 10.2 Å². The molecule has 2 atom stereocenters. The second-order valence-corrected chi connectivity index (χ2v) is 5.15. The molecule has 0 radical (unpaired) electrons. The van der Waals surface area contributed by atoms with E-state index in [0.29, 0.717) is 19.1 Å². The van der Waals surface area contributed by atoms with E-state index in [1.807, 2.05) is 0 Å². The van der Waals surface area contributed by atoms with Crippen molar-refractivity contribution >= 4 is 12.0 Å². The predicted octanol–water partition coefficient (Wildman–Crippen LogP) is -0.688. The number of amides is 2. The number of nitrogens with one attached hydrogen (secondary N) is 1. The average molecular weight is 271 g/mol. The lowest BCUT2D eigenvalue weighted by atomic mass is 10.2. The van der Waals surface area contributed by atoms with E-state index in [-0.39, 0.29) is 0 Å². The van der Waals surface area contributed by atoms with Gasteiger partial charge in [-0.2, -0.15) is 0 Å². The van der Waals surface area contributed by atoms with Crippen molar-refractivity contribution in [2.24, 2.45) is 0 Å². The van der Waals surface area contributed by atoms with Crippen molar-refractivity contribution in [3.63, 3.8) is 0 Å². The summed E-state index contributed by atoms with van der Waals surface area (Å²) in [4.78, 5) is 26.7. The number of aliphatic hydroxyl groups excluding tert-OH is 1. The molecule has 2 amide bonds. The van der Waals surface area contributed by atoms with Crippen molar-refractivity contribution in [1.29, 1.82) is 0 Å². The molecule has 0 aromatic carbocycles. The maximum absolute atomic E-state index is 11.9. The molecule has 2 rings (SSSR count). The second kappa shape index (κ2) is 6.21. The fraction of sp³-hybridized carbons (Fsp3) is 0.833. The molecule has 108 valence electrons. The van der Waals surface area contributed by atoms with Gasteiger partial charge in [0.2, 0.25) is 0 Å². The summed E-state index contributed by atoms with van der Waals surface area (Å²) in [5.74, 6) is -1.22. The molecule has 2 aliphatic rings. The van der Waals surface area contributed by atoms with Gasteiger partial charge in [0.15, 0.2) is 6.04 Å². The number of hydrogen-bond donors (Lipinski definition) is 3. The average Bonchev–Trinajstić information content (AvgIpc) is 3.04. The Labute approximate surface area is 112 Å². The molecule has 19 heavy (non-hydrogen) atoms. The van der Waals surface area contributed by atoms with Crippen LogP contribution in [0, 0.1) is 0 Å². The van der Waals surface area contributed by atoms with E-state index >= 15 is 0 Å². The number of carbonyl (C=O) groups excluding carboxylic acids is 1. The van der Waals surface area contributed by atoms with Gasteiger partial charge >= 0.3 is 12.0 Å². The molecule has 0 aromatic rings. The molecule has 2 heterocycles. The molecule has 2 aliphatic heterocycles. The highest BCUT2D eigenvalue weighted by molar-refractivity contribution is 5.82. The Bertz CT molecular complexity index is 344. The van der Waals surface area contributed by atoms with Crippen LogP contribution in [-0.4, -0.2) is 76.9 Å². The normalized spacial score (nSPS) is 25.5. The van der Waals surface area contributed by atoms with Gasteiger partial charge in [0.1, 0.15) is 0 Å². The predicted molar refractivity (Wildman–Crippen MR) is 67.8 cm³/mol. The van der Waals surface area contributed by atoms with Gasteiger partial charge in [-0.3, -0.25) is 4.90 Å². The van der Waals surface area contributed by atoms with E-state index < -0.39 is 24.6 Å². The van der Waals surface area contributed by atoms with Gasteiger partial charge in [0, 0.05) is 19.1 Å². The second-order valence-electron chi connectivity index (χ2n) is 5.15. The summed E-state index contributed by atoms with van der Waals surface area (Å²) in [6.45, 7) is 2.88. The Kier molecular flexibility index (Phi) is 4.60. The van der Waals surface area contributed by atoms with Crippen molar-refractivity contribution in [1.82, 2.24) is 15.1 Å².